The summed E-state index contributed by atoms with van der Waals surface area (Å²) in [6.45, 7) is 4.17. The van der Waals surface area contributed by atoms with Crippen LogP contribution in [0.3, 0.4) is 0 Å². The summed E-state index contributed by atoms with van der Waals surface area (Å²) < 4.78 is 0. The number of carbonyl (C=O) groups excluding carboxylic acids is 1. The topological polar surface area (TPSA) is 17.1 Å². The average molecular weight is 203 g/mol. The highest BCUT2D eigenvalue weighted by Crippen LogP contribution is 2.07. The highest BCUT2D eigenvalue weighted by Gasteiger charge is 1.99. The van der Waals surface area contributed by atoms with E-state index in [2.05, 4.69) is 13.8 Å². The molecule has 0 aliphatic carbocycles. The predicted molar refractivity (Wildman–Crippen MR) is 58.2 cm³/mol. The average Bonchev–Trinajstić information content (AvgIpc) is 2.12. The number of alkyl halides is 1. The van der Waals surface area contributed by atoms with E-state index in [4.69, 9.17) is 11.6 Å². The van der Waals surface area contributed by atoms with Gasteiger partial charge in [0.25, 0.3) is 0 Å². The van der Waals surface area contributed by atoms with Crippen LogP contribution in [0.1, 0.15) is 46.0 Å². The number of rotatable bonds is 7. The van der Waals surface area contributed by atoms with Gasteiger partial charge < -0.3 is 0 Å². The molecule has 0 radical (unpaired) electrons. The molecule has 0 aromatic rings. The van der Waals surface area contributed by atoms with E-state index in [-0.39, 0.29) is 11.2 Å². The van der Waals surface area contributed by atoms with Gasteiger partial charge in [-0.3, -0.25) is 4.79 Å². The number of halogens is 1. The van der Waals surface area contributed by atoms with Gasteiger partial charge in [0.1, 0.15) is 0 Å². The molecule has 0 heterocycles. The van der Waals surface area contributed by atoms with Crippen LogP contribution in [0.15, 0.2) is 12.2 Å². The van der Waals surface area contributed by atoms with Crippen LogP contribution in [0.4, 0.5) is 0 Å². The van der Waals surface area contributed by atoms with Crippen LogP contribution in [0.2, 0.25) is 0 Å². The Morgan fingerprint density at radius 3 is 2.62 bits per heavy atom. The third kappa shape index (κ3) is 8.04. The number of carbonyl (C=O) groups is 1. The largest absolute Gasteiger partial charge is 0.295 e. The van der Waals surface area contributed by atoms with E-state index >= 15 is 0 Å². The molecule has 1 atom stereocenters. The standard InChI is InChI=1S/C11H19ClO/c1-3-5-7-11(13)9-8-10(12)6-4-2/h8-10H,3-7H2,1-2H3. The summed E-state index contributed by atoms with van der Waals surface area (Å²) in [6.07, 6.45) is 8.14. The van der Waals surface area contributed by atoms with Crippen LogP contribution in [0.25, 0.3) is 0 Å². The first-order valence-corrected chi connectivity index (χ1v) is 5.49. The quantitative estimate of drug-likeness (QED) is 0.455. The Hall–Kier alpha value is -0.300. The smallest absolute Gasteiger partial charge is 0.155 e. The van der Waals surface area contributed by atoms with Gasteiger partial charge in [-0.05, 0) is 18.9 Å². The highest BCUT2D eigenvalue weighted by molar-refractivity contribution is 6.22. The van der Waals surface area contributed by atoms with Gasteiger partial charge in [0.05, 0.1) is 5.38 Å². The first kappa shape index (κ1) is 12.7. The zero-order valence-electron chi connectivity index (χ0n) is 8.55. The van der Waals surface area contributed by atoms with Crippen molar-refractivity contribution in [2.75, 3.05) is 0 Å². The Kier molecular flexibility index (Phi) is 8.11. The van der Waals surface area contributed by atoms with Gasteiger partial charge in [0.15, 0.2) is 5.78 Å². The lowest BCUT2D eigenvalue weighted by molar-refractivity contribution is -0.114. The molecule has 2 heteroatoms. The van der Waals surface area contributed by atoms with Crippen molar-refractivity contribution in [3.8, 4) is 0 Å². The lowest BCUT2D eigenvalue weighted by Crippen LogP contribution is -1.96. The molecular formula is C11H19ClO. The van der Waals surface area contributed by atoms with E-state index in [1.165, 1.54) is 0 Å². The maximum Gasteiger partial charge on any atom is 0.155 e. The SMILES string of the molecule is CCCCC(=O)C=CC(Cl)CCC. The molecule has 0 saturated carbocycles. The van der Waals surface area contributed by atoms with Crippen LogP contribution in [0, 0.1) is 0 Å². The highest BCUT2D eigenvalue weighted by atomic mass is 35.5. The van der Waals surface area contributed by atoms with Crippen LogP contribution < -0.4 is 0 Å². The number of hydrogen-bond acceptors (Lipinski definition) is 1. The van der Waals surface area contributed by atoms with Crippen molar-refractivity contribution in [2.24, 2.45) is 0 Å². The van der Waals surface area contributed by atoms with E-state index in [0.29, 0.717) is 6.42 Å². The second-order valence-electron chi connectivity index (χ2n) is 3.23. The second-order valence-corrected chi connectivity index (χ2v) is 3.79. The summed E-state index contributed by atoms with van der Waals surface area (Å²) in [5.41, 5.74) is 0. The van der Waals surface area contributed by atoms with Crippen molar-refractivity contribution >= 4 is 17.4 Å². The van der Waals surface area contributed by atoms with Crippen LogP contribution in [-0.4, -0.2) is 11.2 Å². The van der Waals surface area contributed by atoms with Crippen LogP contribution in [-0.2, 0) is 4.79 Å². The minimum absolute atomic E-state index is 0.0237. The molecule has 0 aliphatic rings. The van der Waals surface area contributed by atoms with Gasteiger partial charge in [0, 0.05) is 6.42 Å². The Balaban J connectivity index is 3.63. The lowest BCUT2D eigenvalue weighted by Gasteiger charge is -1.99. The summed E-state index contributed by atoms with van der Waals surface area (Å²) in [6, 6.07) is 0. The zero-order chi connectivity index (χ0) is 10.1. The molecule has 0 fully saturated rings. The molecule has 0 N–H and O–H groups in total. The zero-order valence-corrected chi connectivity index (χ0v) is 9.31. The van der Waals surface area contributed by atoms with E-state index in [9.17, 15) is 4.79 Å². The lowest BCUT2D eigenvalue weighted by atomic mass is 10.1. The Morgan fingerprint density at radius 2 is 2.08 bits per heavy atom. The molecule has 0 aliphatic heterocycles. The molecule has 0 bridgehead atoms. The van der Waals surface area contributed by atoms with Gasteiger partial charge in [-0.2, -0.15) is 0 Å². The second kappa shape index (κ2) is 8.31. The molecular weight excluding hydrogens is 184 g/mol. The van der Waals surface area contributed by atoms with E-state index in [1.807, 2.05) is 6.08 Å². The third-order valence-corrected chi connectivity index (χ3v) is 2.20. The van der Waals surface area contributed by atoms with Crippen molar-refractivity contribution < 1.29 is 4.79 Å². The van der Waals surface area contributed by atoms with E-state index in [0.717, 1.165) is 25.7 Å². The number of allylic oxidation sites excluding steroid dienone is 2. The molecule has 1 nitrogen and oxygen atoms in total. The van der Waals surface area contributed by atoms with Gasteiger partial charge in [-0.1, -0.05) is 32.8 Å². The van der Waals surface area contributed by atoms with Gasteiger partial charge in [-0.25, -0.2) is 0 Å². The van der Waals surface area contributed by atoms with Crippen molar-refractivity contribution in [3.05, 3.63) is 12.2 Å². The number of hydrogen-bond donors (Lipinski definition) is 0. The molecule has 0 spiro atoms. The Bertz CT molecular complexity index is 163. The number of unbranched alkanes of at least 4 members (excludes halogenated alkanes) is 1. The molecule has 76 valence electrons. The van der Waals surface area contributed by atoms with Crippen molar-refractivity contribution in [1.29, 1.82) is 0 Å². The minimum atomic E-state index is 0.0237. The van der Waals surface area contributed by atoms with Gasteiger partial charge >= 0.3 is 0 Å². The van der Waals surface area contributed by atoms with Crippen LogP contribution >= 0.6 is 11.6 Å². The molecule has 0 aromatic carbocycles. The minimum Gasteiger partial charge on any atom is -0.295 e. The molecule has 13 heavy (non-hydrogen) atoms. The van der Waals surface area contributed by atoms with Crippen molar-refractivity contribution in [3.63, 3.8) is 0 Å². The molecule has 0 saturated heterocycles. The summed E-state index contributed by atoms with van der Waals surface area (Å²) >= 11 is 5.92. The van der Waals surface area contributed by atoms with Gasteiger partial charge in [0.2, 0.25) is 0 Å². The van der Waals surface area contributed by atoms with Crippen molar-refractivity contribution in [1.82, 2.24) is 0 Å². The predicted octanol–water partition coefficient (Wildman–Crippen LogP) is 3.71. The van der Waals surface area contributed by atoms with Crippen LogP contribution in [0.5, 0.6) is 0 Å². The first-order valence-electron chi connectivity index (χ1n) is 5.05. The number of ketones is 1. The molecule has 1 unspecified atom stereocenters. The maximum absolute atomic E-state index is 11.2. The fraction of sp³-hybridized carbons (Fsp3) is 0.727. The van der Waals surface area contributed by atoms with Gasteiger partial charge in [-0.15, -0.1) is 11.6 Å². The fourth-order valence-corrected chi connectivity index (χ4v) is 1.31. The van der Waals surface area contributed by atoms with Crippen molar-refractivity contribution in [2.45, 2.75) is 51.3 Å². The Morgan fingerprint density at radius 1 is 1.38 bits per heavy atom. The van der Waals surface area contributed by atoms with E-state index < -0.39 is 0 Å². The summed E-state index contributed by atoms with van der Waals surface area (Å²) in [5, 5.41) is 0.0237. The normalized spacial score (nSPS) is 13.5. The summed E-state index contributed by atoms with van der Waals surface area (Å²) in [7, 11) is 0. The molecule has 0 rings (SSSR count). The monoisotopic (exact) mass is 202 g/mol. The fourth-order valence-electron chi connectivity index (χ4n) is 1.02. The molecule has 0 aromatic heterocycles. The first-order chi connectivity index (χ1) is 6.20. The summed E-state index contributed by atoms with van der Waals surface area (Å²) in [5.74, 6) is 0.198. The third-order valence-electron chi connectivity index (χ3n) is 1.83. The summed E-state index contributed by atoms with van der Waals surface area (Å²) in [4.78, 5) is 11.2. The maximum atomic E-state index is 11.2. The van der Waals surface area contributed by atoms with E-state index in [1.54, 1.807) is 6.08 Å². The molecule has 0 amide bonds. The Labute approximate surface area is 86.2 Å².